The van der Waals surface area contributed by atoms with E-state index in [-0.39, 0.29) is 31.3 Å². The van der Waals surface area contributed by atoms with Gasteiger partial charge in [0.2, 0.25) is 0 Å². The zero-order chi connectivity index (χ0) is 36.1. The molecule has 4 aliphatic heterocycles. The molecular weight excluding hydrogens is 723 g/mol. The van der Waals surface area contributed by atoms with E-state index < -0.39 is 0 Å². The fourth-order valence-corrected chi connectivity index (χ4v) is 9.09. The number of carbonyl (C=O) groups excluding carboxylic acids is 1. The number of hydrogen-bond donors (Lipinski definition) is 0. The predicted molar refractivity (Wildman–Crippen MR) is 221 cm³/mol. The quantitative estimate of drug-likeness (QED) is 0.143. The standard InChI is InChI=1S/C19H21NOS.C14H17NO2.C6H8S.C6H5.ClH.Li/c1-21-19-15(8-9-16-6-4-12-22-16)13-14-5-2-10-20-11-3-7-17(19)18(14)20;1-17-14-11(9-16)8-10-4-2-6-15-7-3-5-12(14)13(10)15;1-2-6-4-3-5-7-6;1-2-4-6-5-3-1;;/h4,6,8-9,12-13H,2-3,5,7,10-11H2,1H3;8-9H,2-7H2,1H3;3-5H,2H2,1H3;1-5H;1H;/q;;;-1;;+1/p-1. The molecule has 0 saturated carbocycles. The normalized spacial score (nSPS) is 14.5. The van der Waals surface area contributed by atoms with Crippen molar-refractivity contribution in [3.8, 4) is 11.5 Å². The summed E-state index contributed by atoms with van der Waals surface area (Å²) in [5, 5.41) is 4.23. The monoisotopic (exact) mass is 773 g/mol. The minimum atomic E-state index is 0. The molecule has 9 heteroatoms. The number of anilines is 2. The largest absolute Gasteiger partial charge is 1.00 e. The van der Waals surface area contributed by atoms with Gasteiger partial charge >= 0.3 is 18.9 Å². The first-order valence-corrected chi connectivity index (χ1v) is 20.5. The molecule has 54 heavy (non-hydrogen) atoms. The molecule has 0 bridgehead atoms. The average Bonchev–Trinajstić information content (AvgIpc) is 3.94. The Kier molecular flexibility index (Phi) is 17.8. The molecule has 0 atom stereocenters. The van der Waals surface area contributed by atoms with Crippen LogP contribution >= 0.6 is 22.7 Å². The van der Waals surface area contributed by atoms with Crippen molar-refractivity contribution in [2.24, 2.45) is 0 Å². The van der Waals surface area contributed by atoms with Crippen molar-refractivity contribution >= 4 is 52.5 Å². The summed E-state index contributed by atoms with van der Waals surface area (Å²) >= 11 is 3.59. The summed E-state index contributed by atoms with van der Waals surface area (Å²) in [6.45, 7) is 6.86. The third-order valence-corrected chi connectivity index (χ3v) is 11.9. The first kappa shape index (κ1) is 43.3. The van der Waals surface area contributed by atoms with Crippen LogP contribution in [-0.4, -0.2) is 46.7 Å². The van der Waals surface area contributed by atoms with Gasteiger partial charge in [-0.2, -0.15) is 36.4 Å². The van der Waals surface area contributed by atoms with E-state index in [4.69, 9.17) is 9.47 Å². The first-order valence-electron chi connectivity index (χ1n) is 18.7. The number of thiophene rings is 2. The Morgan fingerprint density at radius 2 is 1.24 bits per heavy atom. The molecule has 0 spiro atoms. The van der Waals surface area contributed by atoms with Gasteiger partial charge in [0.15, 0.2) is 6.29 Å². The molecule has 0 saturated heterocycles. The zero-order valence-corrected chi connectivity index (χ0v) is 34.6. The summed E-state index contributed by atoms with van der Waals surface area (Å²) in [4.78, 5) is 18.9. The van der Waals surface area contributed by atoms with Crippen LogP contribution in [0.15, 0.2) is 77.5 Å². The summed E-state index contributed by atoms with van der Waals surface area (Å²) in [6, 6.07) is 25.4. The second kappa shape index (κ2) is 22.2. The van der Waals surface area contributed by atoms with Gasteiger partial charge in [0, 0.05) is 64.0 Å². The van der Waals surface area contributed by atoms with Gasteiger partial charge in [-0.25, -0.2) is 0 Å². The Labute approximate surface area is 349 Å². The second-order valence-electron chi connectivity index (χ2n) is 13.3. The number of aryl methyl sites for hydroxylation is 3. The topological polar surface area (TPSA) is 42.0 Å². The van der Waals surface area contributed by atoms with Crippen LogP contribution in [0, 0.1) is 6.07 Å². The van der Waals surface area contributed by atoms with Gasteiger partial charge in [-0.15, -0.1) is 22.7 Å². The summed E-state index contributed by atoms with van der Waals surface area (Å²) in [5.74, 6) is 1.88. The van der Waals surface area contributed by atoms with E-state index in [1.54, 1.807) is 18.4 Å². The van der Waals surface area contributed by atoms with Crippen LogP contribution in [0.2, 0.25) is 0 Å². The Morgan fingerprint density at radius 3 is 1.67 bits per heavy atom. The van der Waals surface area contributed by atoms with Crippen molar-refractivity contribution in [3.05, 3.63) is 127 Å². The Hall–Kier alpha value is -3.44. The van der Waals surface area contributed by atoms with E-state index in [0.29, 0.717) is 5.56 Å². The minimum Gasteiger partial charge on any atom is -1.00 e. The molecule has 0 amide bonds. The van der Waals surface area contributed by atoms with E-state index in [1.807, 2.05) is 54.8 Å². The number of nitrogens with zero attached hydrogens (tertiary/aromatic N) is 2. The Morgan fingerprint density at radius 1 is 0.704 bits per heavy atom. The molecule has 6 heterocycles. The molecule has 0 aliphatic carbocycles. The van der Waals surface area contributed by atoms with Gasteiger partial charge in [-0.1, -0.05) is 19.1 Å². The fourth-order valence-electron chi connectivity index (χ4n) is 7.82. The number of rotatable bonds is 6. The van der Waals surface area contributed by atoms with Gasteiger partial charge in [0.25, 0.3) is 0 Å². The number of halogens is 1. The second-order valence-corrected chi connectivity index (χ2v) is 15.3. The van der Waals surface area contributed by atoms with Gasteiger partial charge in [-0.05, 0) is 116 Å². The van der Waals surface area contributed by atoms with Crippen molar-refractivity contribution < 1.29 is 45.5 Å². The van der Waals surface area contributed by atoms with Crippen LogP contribution in [0.4, 0.5) is 11.4 Å². The van der Waals surface area contributed by atoms with E-state index >= 15 is 0 Å². The average molecular weight is 774 g/mol. The van der Waals surface area contributed by atoms with Crippen molar-refractivity contribution in [1.29, 1.82) is 0 Å². The molecule has 4 aliphatic rings. The fraction of sp³-hybridized carbons (Fsp3) is 0.356. The van der Waals surface area contributed by atoms with Crippen molar-refractivity contribution in [1.82, 2.24) is 0 Å². The zero-order valence-electron chi connectivity index (χ0n) is 32.2. The maximum Gasteiger partial charge on any atom is 1.00 e. The SMILES string of the molecule is CCc1cccs1.COc1c(C=Cc2cccs2)cc2c3c1CCCN3CCC2.COc1c(C=O)cc2c3c1CCCN3CCC2.[Cl-].[Li+].[c-]1ccccc1. The molecule has 0 radical (unpaired) electrons. The number of benzene rings is 3. The van der Waals surface area contributed by atoms with Crippen LogP contribution in [0.25, 0.3) is 12.2 Å². The summed E-state index contributed by atoms with van der Waals surface area (Å²) in [5.41, 5.74) is 10.3. The number of methoxy groups -OCH3 is 2. The van der Waals surface area contributed by atoms with Gasteiger partial charge in [-0.3, -0.25) is 4.79 Å². The Bertz CT molecular complexity index is 1870. The van der Waals surface area contributed by atoms with E-state index in [1.165, 1.54) is 94.1 Å². The maximum absolute atomic E-state index is 11.1. The number of hydrogen-bond acceptors (Lipinski definition) is 7. The maximum atomic E-state index is 11.1. The van der Waals surface area contributed by atoms with Crippen LogP contribution in [0.5, 0.6) is 11.5 Å². The van der Waals surface area contributed by atoms with Gasteiger partial charge < -0.3 is 31.7 Å². The summed E-state index contributed by atoms with van der Waals surface area (Å²) in [6.07, 6.45) is 15.8. The molecule has 3 aromatic carbocycles. The molecule has 5 nitrogen and oxygen atoms in total. The van der Waals surface area contributed by atoms with E-state index in [9.17, 15) is 4.79 Å². The molecule has 9 rings (SSSR count). The smallest absolute Gasteiger partial charge is 1.00 e. The molecule has 5 aromatic rings. The van der Waals surface area contributed by atoms with Crippen LogP contribution in [-0.2, 0) is 32.1 Å². The number of aldehydes is 1. The number of ether oxygens (including phenoxy) is 2. The van der Waals surface area contributed by atoms with Crippen molar-refractivity contribution in [2.45, 2.75) is 64.7 Å². The molecular formula is C45H51ClLiN2O3S2-. The molecule has 2 aromatic heterocycles. The van der Waals surface area contributed by atoms with Crippen molar-refractivity contribution in [3.63, 3.8) is 0 Å². The molecule has 280 valence electrons. The minimum absolute atomic E-state index is 0. The van der Waals surface area contributed by atoms with Crippen molar-refractivity contribution in [2.75, 3.05) is 50.2 Å². The third-order valence-electron chi connectivity index (χ3n) is 10.0. The summed E-state index contributed by atoms with van der Waals surface area (Å²) in [7, 11) is 3.47. The predicted octanol–water partition coefficient (Wildman–Crippen LogP) is 4.64. The number of carbonyl (C=O) groups is 1. The first-order chi connectivity index (χ1) is 25.6. The van der Waals surface area contributed by atoms with Crippen LogP contribution in [0.3, 0.4) is 0 Å². The van der Waals surface area contributed by atoms with Gasteiger partial charge in [0.05, 0.1) is 19.8 Å². The Balaban J connectivity index is 0.000000179. The third kappa shape index (κ3) is 10.6. The molecule has 0 fully saturated rings. The van der Waals surface area contributed by atoms with E-state index in [2.05, 4.69) is 76.0 Å². The molecule has 0 N–H and O–H groups in total. The van der Waals surface area contributed by atoms with E-state index in [0.717, 1.165) is 56.6 Å². The molecule has 0 unspecified atom stereocenters. The van der Waals surface area contributed by atoms with Crippen LogP contribution < -0.4 is 50.5 Å². The van der Waals surface area contributed by atoms with Crippen LogP contribution in [0.1, 0.15) is 80.5 Å². The van der Waals surface area contributed by atoms with Gasteiger partial charge in [0.1, 0.15) is 11.5 Å². The summed E-state index contributed by atoms with van der Waals surface area (Å²) < 4.78 is 11.3.